The van der Waals surface area contributed by atoms with E-state index in [4.69, 9.17) is 4.98 Å². The lowest BCUT2D eigenvalue weighted by Gasteiger charge is -2.15. The molecule has 1 aliphatic carbocycles. The number of aromatic nitrogens is 1. The van der Waals surface area contributed by atoms with Crippen molar-refractivity contribution in [2.75, 3.05) is 5.32 Å². The highest BCUT2D eigenvalue weighted by atomic mass is 15.0. The van der Waals surface area contributed by atoms with Gasteiger partial charge in [-0.1, -0.05) is 17.7 Å². The highest BCUT2D eigenvalue weighted by Crippen LogP contribution is 2.29. The molecule has 0 radical (unpaired) electrons. The van der Waals surface area contributed by atoms with Crippen LogP contribution < -0.4 is 5.32 Å². The van der Waals surface area contributed by atoms with E-state index in [9.17, 15) is 5.26 Å². The number of fused-ring (bicyclic) bond motifs is 1. The fourth-order valence-electron chi connectivity index (χ4n) is 3.15. The molecule has 106 valence electrons. The molecule has 0 unspecified atom stereocenters. The molecule has 0 bridgehead atoms. The Morgan fingerprint density at radius 1 is 1.10 bits per heavy atom. The summed E-state index contributed by atoms with van der Waals surface area (Å²) in [6.45, 7) is 6.27. The Labute approximate surface area is 125 Å². The smallest absolute Gasteiger partial charge is 0.148 e. The minimum absolute atomic E-state index is 0.634. The lowest BCUT2D eigenvalue weighted by Crippen LogP contribution is -2.03. The third-order valence-corrected chi connectivity index (χ3v) is 4.09. The summed E-state index contributed by atoms with van der Waals surface area (Å²) in [5.41, 5.74) is 7.67. The van der Waals surface area contributed by atoms with Crippen LogP contribution in [0.3, 0.4) is 0 Å². The highest BCUT2D eigenvalue weighted by molar-refractivity contribution is 5.69. The molecule has 3 rings (SSSR count). The van der Waals surface area contributed by atoms with Crippen LogP contribution in [-0.2, 0) is 12.8 Å². The zero-order valence-electron chi connectivity index (χ0n) is 12.7. The van der Waals surface area contributed by atoms with E-state index >= 15 is 0 Å². The number of pyridine rings is 1. The van der Waals surface area contributed by atoms with Crippen LogP contribution >= 0.6 is 0 Å². The number of nitrogens with zero attached hydrogens (tertiary/aromatic N) is 2. The van der Waals surface area contributed by atoms with E-state index in [2.05, 4.69) is 44.3 Å². The molecule has 0 saturated carbocycles. The Morgan fingerprint density at radius 2 is 1.81 bits per heavy atom. The van der Waals surface area contributed by atoms with Crippen molar-refractivity contribution in [2.45, 2.75) is 40.0 Å². The SMILES string of the molecule is Cc1cc(C)c(Nc2nc3c(cc2C#N)CCC3)c(C)c1. The van der Waals surface area contributed by atoms with Crippen LogP contribution in [0.25, 0.3) is 0 Å². The van der Waals surface area contributed by atoms with Gasteiger partial charge in [0.15, 0.2) is 0 Å². The van der Waals surface area contributed by atoms with Gasteiger partial charge in [0.25, 0.3) is 0 Å². The first-order valence-electron chi connectivity index (χ1n) is 7.36. The van der Waals surface area contributed by atoms with Crippen molar-refractivity contribution in [1.29, 1.82) is 5.26 Å². The second kappa shape index (κ2) is 5.21. The van der Waals surface area contributed by atoms with E-state index < -0.39 is 0 Å². The molecule has 1 N–H and O–H groups in total. The molecule has 1 aromatic carbocycles. The van der Waals surface area contributed by atoms with Gasteiger partial charge in [0.1, 0.15) is 11.9 Å². The summed E-state index contributed by atoms with van der Waals surface area (Å²) in [5, 5.41) is 12.8. The number of hydrogen-bond donors (Lipinski definition) is 1. The van der Waals surface area contributed by atoms with Crippen molar-refractivity contribution >= 4 is 11.5 Å². The van der Waals surface area contributed by atoms with Crippen LogP contribution in [0.15, 0.2) is 18.2 Å². The van der Waals surface area contributed by atoms with Gasteiger partial charge < -0.3 is 5.32 Å². The van der Waals surface area contributed by atoms with Crippen LogP contribution in [0.2, 0.25) is 0 Å². The van der Waals surface area contributed by atoms with Gasteiger partial charge >= 0.3 is 0 Å². The summed E-state index contributed by atoms with van der Waals surface area (Å²) in [5.74, 6) is 0.688. The Bertz CT molecular complexity index is 731. The van der Waals surface area contributed by atoms with Gasteiger partial charge in [-0.15, -0.1) is 0 Å². The maximum absolute atomic E-state index is 9.38. The zero-order chi connectivity index (χ0) is 15.0. The molecule has 1 aromatic heterocycles. The summed E-state index contributed by atoms with van der Waals surface area (Å²) in [6.07, 6.45) is 3.20. The monoisotopic (exact) mass is 277 g/mol. The van der Waals surface area contributed by atoms with Gasteiger partial charge in [-0.05, 0) is 62.8 Å². The van der Waals surface area contributed by atoms with E-state index in [-0.39, 0.29) is 0 Å². The molecular formula is C18H19N3. The molecule has 0 atom stereocenters. The van der Waals surface area contributed by atoms with E-state index in [0.29, 0.717) is 11.4 Å². The quantitative estimate of drug-likeness (QED) is 0.898. The van der Waals surface area contributed by atoms with Crippen LogP contribution in [0.1, 0.15) is 39.9 Å². The molecule has 2 aromatic rings. The molecule has 0 spiro atoms. The third-order valence-electron chi connectivity index (χ3n) is 4.09. The number of benzene rings is 1. The number of aryl methyl sites for hydroxylation is 5. The molecule has 3 nitrogen and oxygen atoms in total. The first-order chi connectivity index (χ1) is 10.1. The van der Waals surface area contributed by atoms with Gasteiger partial charge in [-0.2, -0.15) is 5.26 Å². The predicted molar refractivity (Wildman–Crippen MR) is 84.9 cm³/mol. The molecule has 1 heterocycles. The molecule has 3 heteroatoms. The largest absolute Gasteiger partial charge is 0.339 e. The van der Waals surface area contributed by atoms with Gasteiger partial charge in [-0.25, -0.2) is 4.98 Å². The normalized spacial score (nSPS) is 12.9. The Kier molecular flexibility index (Phi) is 3.39. The first kappa shape index (κ1) is 13.6. The van der Waals surface area contributed by atoms with Gasteiger partial charge in [0.05, 0.1) is 5.56 Å². The lowest BCUT2D eigenvalue weighted by atomic mass is 10.0. The molecule has 21 heavy (non-hydrogen) atoms. The minimum atomic E-state index is 0.634. The molecule has 1 aliphatic rings. The first-order valence-corrected chi connectivity index (χ1v) is 7.36. The van der Waals surface area contributed by atoms with E-state index in [1.807, 2.05) is 6.07 Å². The molecular weight excluding hydrogens is 258 g/mol. The van der Waals surface area contributed by atoms with Crippen molar-refractivity contribution in [3.8, 4) is 6.07 Å². The van der Waals surface area contributed by atoms with Crippen LogP contribution in [0.5, 0.6) is 0 Å². The van der Waals surface area contributed by atoms with Crippen LogP contribution in [0, 0.1) is 32.1 Å². The number of nitriles is 1. The van der Waals surface area contributed by atoms with E-state index in [1.54, 1.807) is 0 Å². The fourth-order valence-corrected chi connectivity index (χ4v) is 3.15. The highest BCUT2D eigenvalue weighted by Gasteiger charge is 2.17. The topological polar surface area (TPSA) is 48.7 Å². The van der Waals surface area contributed by atoms with Crippen molar-refractivity contribution in [2.24, 2.45) is 0 Å². The van der Waals surface area contributed by atoms with Crippen molar-refractivity contribution in [3.63, 3.8) is 0 Å². The zero-order valence-corrected chi connectivity index (χ0v) is 12.7. The summed E-state index contributed by atoms with van der Waals surface area (Å²) in [7, 11) is 0. The third kappa shape index (κ3) is 2.50. The second-order valence-electron chi connectivity index (χ2n) is 5.85. The maximum atomic E-state index is 9.38. The Morgan fingerprint density at radius 3 is 2.48 bits per heavy atom. The maximum Gasteiger partial charge on any atom is 0.148 e. The van der Waals surface area contributed by atoms with Crippen LogP contribution in [0.4, 0.5) is 11.5 Å². The van der Waals surface area contributed by atoms with Crippen molar-refractivity contribution in [1.82, 2.24) is 4.98 Å². The number of hydrogen-bond acceptors (Lipinski definition) is 3. The Hall–Kier alpha value is -2.34. The average Bonchev–Trinajstić information content (AvgIpc) is 2.88. The van der Waals surface area contributed by atoms with Gasteiger partial charge in [-0.3, -0.25) is 0 Å². The van der Waals surface area contributed by atoms with Gasteiger partial charge in [0.2, 0.25) is 0 Å². The lowest BCUT2D eigenvalue weighted by molar-refractivity contribution is 0.900. The summed E-state index contributed by atoms with van der Waals surface area (Å²) >= 11 is 0. The summed E-state index contributed by atoms with van der Waals surface area (Å²) < 4.78 is 0. The summed E-state index contributed by atoms with van der Waals surface area (Å²) in [6, 6.07) is 8.56. The Balaban J connectivity index is 2.05. The molecule has 0 amide bonds. The fraction of sp³-hybridized carbons (Fsp3) is 0.333. The van der Waals surface area contributed by atoms with Gasteiger partial charge in [0, 0.05) is 11.4 Å². The molecule has 0 aliphatic heterocycles. The van der Waals surface area contributed by atoms with Crippen molar-refractivity contribution < 1.29 is 0 Å². The number of nitrogens with one attached hydrogen (secondary N) is 1. The predicted octanol–water partition coefficient (Wildman–Crippen LogP) is 4.11. The average molecular weight is 277 g/mol. The van der Waals surface area contributed by atoms with E-state index in [0.717, 1.165) is 30.6 Å². The van der Waals surface area contributed by atoms with E-state index in [1.165, 1.54) is 22.3 Å². The number of rotatable bonds is 2. The second-order valence-corrected chi connectivity index (χ2v) is 5.85. The minimum Gasteiger partial charge on any atom is -0.339 e. The molecule has 0 saturated heterocycles. The standard InChI is InChI=1S/C18H19N3/c1-11-7-12(2)17(13(3)8-11)21-18-15(10-19)9-14-5-4-6-16(14)20-18/h7-9H,4-6H2,1-3H3,(H,20,21). The number of anilines is 2. The summed E-state index contributed by atoms with van der Waals surface area (Å²) in [4.78, 5) is 4.69. The van der Waals surface area contributed by atoms with Crippen LogP contribution in [-0.4, -0.2) is 4.98 Å². The van der Waals surface area contributed by atoms with Crippen molar-refractivity contribution in [3.05, 3.63) is 51.7 Å². The molecule has 0 fully saturated rings.